The highest BCUT2D eigenvalue weighted by molar-refractivity contribution is 9.11. The lowest BCUT2D eigenvalue weighted by molar-refractivity contribution is -0.168. The summed E-state index contributed by atoms with van der Waals surface area (Å²) in [5, 5.41) is 18.5. The van der Waals surface area contributed by atoms with Gasteiger partial charge in [-0.1, -0.05) is 57.3 Å². The first kappa shape index (κ1) is 22.6. The van der Waals surface area contributed by atoms with Crippen LogP contribution < -0.4 is 0 Å². The van der Waals surface area contributed by atoms with Gasteiger partial charge < -0.3 is 9.47 Å². The maximum absolute atomic E-state index is 9.89. The molecule has 0 radical (unpaired) electrons. The molecule has 0 bridgehead atoms. The van der Waals surface area contributed by atoms with Crippen LogP contribution in [0.4, 0.5) is 0 Å². The van der Waals surface area contributed by atoms with Crippen molar-refractivity contribution in [3.05, 3.63) is 54.7 Å². The summed E-state index contributed by atoms with van der Waals surface area (Å²) in [5.74, 6) is -0.401. The van der Waals surface area contributed by atoms with Crippen LogP contribution in [0, 0.1) is 11.3 Å². The zero-order valence-electron chi connectivity index (χ0n) is 16.3. The highest BCUT2D eigenvalue weighted by Gasteiger charge is 2.24. The Kier molecular flexibility index (Phi) is 8.06. The van der Waals surface area contributed by atoms with Gasteiger partial charge in [0.2, 0.25) is 0 Å². The van der Waals surface area contributed by atoms with Crippen LogP contribution in [-0.4, -0.2) is 23.1 Å². The molecular weight excluding hydrogens is 522 g/mol. The highest BCUT2D eigenvalue weighted by Crippen LogP contribution is 2.37. The van der Waals surface area contributed by atoms with Gasteiger partial charge in [-0.2, -0.15) is 10.4 Å². The van der Waals surface area contributed by atoms with Crippen molar-refractivity contribution in [3.8, 4) is 6.07 Å². The van der Waals surface area contributed by atoms with E-state index in [1.807, 2.05) is 32.0 Å². The van der Waals surface area contributed by atoms with Gasteiger partial charge in [0, 0.05) is 21.1 Å². The van der Waals surface area contributed by atoms with Gasteiger partial charge in [0.05, 0.1) is 18.4 Å². The van der Waals surface area contributed by atoms with E-state index in [0.29, 0.717) is 17.5 Å². The van der Waals surface area contributed by atoms with Crippen LogP contribution in [0.1, 0.15) is 67.3 Å². The highest BCUT2D eigenvalue weighted by atomic mass is 79.9. The fourth-order valence-corrected chi connectivity index (χ4v) is 5.31. The lowest BCUT2D eigenvalue weighted by atomic mass is 9.94. The van der Waals surface area contributed by atoms with Gasteiger partial charge in [-0.25, -0.2) is 0 Å². The van der Waals surface area contributed by atoms with Gasteiger partial charge in [0.25, 0.3) is 0 Å². The normalized spacial score (nSPS) is 17.9. The topological polar surface area (TPSA) is 68.0 Å². The van der Waals surface area contributed by atoms with E-state index in [2.05, 4.69) is 48.1 Å². The summed E-state index contributed by atoms with van der Waals surface area (Å²) < 4.78 is 13.1. The SMILES string of the molecule is CC(C)c1cc(C(C#N)c2c(Br)cc(COC3CCCCO3)cc2Br)nnc1Cl. The molecule has 0 spiro atoms. The fourth-order valence-electron chi connectivity index (χ4n) is 3.26. The summed E-state index contributed by atoms with van der Waals surface area (Å²) in [6, 6.07) is 8.16. The Morgan fingerprint density at radius 3 is 2.55 bits per heavy atom. The Bertz CT molecular complexity index is 888. The quantitative estimate of drug-likeness (QED) is 0.417. The standard InChI is InChI=1S/C21H22Br2ClN3O2/c1-12(2)14-9-18(26-27-21(14)24)15(10-25)20-16(22)7-13(8-17(20)23)11-29-19-5-3-4-6-28-19/h7-9,12,15,19H,3-6,11H2,1-2H3. The second-order valence-corrected chi connectivity index (χ2v) is 9.38. The molecule has 2 heterocycles. The van der Waals surface area contributed by atoms with E-state index < -0.39 is 5.92 Å². The maximum atomic E-state index is 9.89. The van der Waals surface area contributed by atoms with Crippen LogP contribution in [-0.2, 0) is 16.1 Å². The number of nitriles is 1. The molecule has 0 saturated carbocycles. The van der Waals surface area contributed by atoms with E-state index in [0.717, 1.165) is 51.5 Å². The summed E-state index contributed by atoms with van der Waals surface area (Å²) >= 11 is 13.4. The Morgan fingerprint density at radius 1 is 1.24 bits per heavy atom. The van der Waals surface area contributed by atoms with Crippen LogP contribution in [0.25, 0.3) is 0 Å². The van der Waals surface area contributed by atoms with Gasteiger partial charge in [-0.05, 0) is 54.5 Å². The molecule has 2 unspecified atom stereocenters. The number of hydrogen-bond acceptors (Lipinski definition) is 5. The molecule has 5 nitrogen and oxygen atoms in total. The third-order valence-corrected chi connectivity index (χ3v) is 6.45. The molecular formula is C21H22Br2ClN3O2. The summed E-state index contributed by atoms with van der Waals surface area (Å²) in [7, 11) is 0. The molecule has 154 valence electrons. The monoisotopic (exact) mass is 541 g/mol. The number of halogens is 3. The average molecular weight is 544 g/mol. The minimum Gasteiger partial charge on any atom is -0.353 e. The second kappa shape index (κ2) is 10.3. The van der Waals surface area contributed by atoms with E-state index in [4.69, 9.17) is 21.1 Å². The van der Waals surface area contributed by atoms with Crippen molar-refractivity contribution in [2.24, 2.45) is 0 Å². The first-order chi connectivity index (χ1) is 13.9. The van der Waals surface area contributed by atoms with Crippen LogP contribution in [0.3, 0.4) is 0 Å². The Morgan fingerprint density at radius 2 is 1.97 bits per heavy atom. The molecule has 3 rings (SSSR count). The Hall–Kier alpha value is -1.04. The number of ether oxygens (including phenoxy) is 2. The predicted molar refractivity (Wildman–Crippen MR) is 119 cm³/mol. The summed E-state index contributed by atoms with van der Waals surface area (Å²) in [6.45, 7) is 5.26. The third kappa shape index (κ3) is 5.56. The van der Waals surface area contributed by atoms with Crippen molar-refractivity contribution in [1.82, 2.24) is 10.2 Å². The third-order valence-electron chi connectivity index (χ3n) is 4.84. The molecule has 8 heteroatoms. The van der Waals surface area contributed by atoms with Crippen molar-refractivity contribution in [3.63, 3.8) is 0 Å². The van der Waals surface area contributed by atoms with Crippen molar-refractivity contribution >= 4 is 43.5 Å². The summed E-state index contributed by atoms with van der Waals surface area (Å²) in [6.07, 6.45) is 2.99. The van der Waals surface area contributed by atoms with Crippen molar-refractivity contribution < 1.29 is 9.47 Å². The number of nitrogens with zero attached hydrogens (tertiary/aromatic N) is 3. The van der Waals surface area contributed by atoms with Gasteiger partial charge in [0.15, 0.2) is 11.4 Å². The Balaban J connectivity index is 1.85. The molecule has 0 N–H and O–H groups in total. The maximum Gasteiger partial charge on any atom is 0.158 e. The molecule has 29 heavy (non-hydrogen) atoms. The minimum atomic E-state index is -0.585. The first-order valence-corrected chi connectivity index (χ1v) is 11.5. The molecule has 0 amide bonds. The van der Waals surface area contributed by atoms with Crippen molar-refractivity contribution in [2.75, 3.05) is 6.61 Å². The Labute approximate surface area is 193 Å². The van der Waals surface area contributed by atoms with E-state index in [1.54, 1.807) is 0 Å². The van der Waals surface area contributed by atoms with Crippen LogP contribution in [0.5, 0.6) is 0 Å². The molecule has 0 aliphatic carbocycles. The largest absolute Gasteiger partial charge is 0.353 e. The van der Waals surface area contributed by atoms with Crippen LogP contribution in [0.15, 0.2) is 27.1 Å². The molecule has 1 aromatic heterocycles. The lowest BCUT2D eigenvalue weighted by Gasteiger charge is -2.23. The van der Waals surface area contributed by atoms with Gasteiger partial charge in [-0.15, -0.1) is 5.10 Å². The van der Waals surface area contributed by atoms with E-state index in [9.17, 15) is 5.26 Å². The predicted octanol–water partition coefficient (Wildman–Crippen LogP) is 6.48. The molecule has 1 saturated heterocycles. The average Bonchev–Trinajstić information content (AvgIpc) is 2.70. The van der Waals surface area contributed by atoms with E-state index >= 15 is 0 Å². The number of hydrogen-bond donors (Lipinski definition) is 0. The van der Waals surface area contributed by atoms with E-state index in [-0.39, 0.29) is 12.2 Å². The number of aromatic nitrogens is 2. The fraction of sp³-hybridized carbons (Fsp3) is 0.476. The van der Waals surface area contributed by atoms with Gasteiger partial charge >= 0.3 is 0 Å². The van der Waals surface area contributed by atoms with Crippen LogP contribution in [0.2, 0.25) is 5.15 Å². The van der Waals surface area contributed by atoms with Crippen LogP contribution >= 0.6 is 43.5 Å². The molecule has 2 atom stereocenters. The summed E-state index contributed by atoms with van der Waals surface area (Å²) in [5.41, 5.74) is 3.24. The van der Waals surface area contributed by atoms with Crippen molar-refractivity contribution in [1.29, 1.82) is 5.26 Å². The second-order valence-electron chi connectivity index (χ2n) is 7.31. The molecule has 1 aromatic carbocycles. The smallest absolute Gasteiger partial charge is 0.158 e. The molecule has 2 aromatic rings. The molecule has 1 aliphatic heterocycles. The molecule has 1 aliphatic rings. The zero-order chi connectivity index (χ0) is 21.0. The van der Waals surface area contributed by atoms with E-state index in [1.165, 1.54) is 0 Å². The van der Waals surface area contributed by atoms with Crippen molar-refractivity contribution in [2.45, 2.75) is 57.8 Å². The lowest BCUT2D eigenvalue weighted by Crippen LogP contribution is -2.22. The van der Waals surface area contributed by atoms with Gasteiger partial charge in [0.1, 0.15) is 5.92 Å². The van der Waals surface area contributed by atoms with Gasteiger partial charge in [-0.3, -0.25) is 0 Å². The number of benzene rings is 1. The summed E-state index contributed by atoms with van der Waals surface area (Å²) in [4.78, 5) is 0. The number of rotatable bonds is 6. The first-order valence-electron chi connectivity index (χ1n) is 9.54. The zero-order valence-corrected chi connectivity index (χ0v) is 20.2. The molecule has 1 fully saturated rings. The minimum absolute atomic E-state index is 0.147.